The molecular weight excluding hydrogens is 336 g/mol. The molecule has 0 heterocycles. The van der Waals surface area contributed by atoms with Gasteiger partial charge in [0.2, 0.25) is 0 Å². The molecule has 0 aliphatic rings. The number of rotatable bonds is 5. The van der Waals surface area contributed by atoms with Gasteiger partial charge in [0.1, 0.15) is 0 Å². The van der Waals surface area contributed by atoms with Crippen LogP contribution in [0.2, 0.25) is 0 Å². The molecule has 0 heteroatoms. The molecule has 0 radical (unpaired) electrons. The second-order valence-corrected chi connectivity index (χ2v) is 6.66. The maximum Gasteiger partial charge on any atom is -0.0105 e. The second kappa shape index (κ2) is 8.83. The molecule has 0 unspecified atom stereocenters. The highest BCUT2D eigenvalue weighted by Gasteiger charge is 2.06. The zero-order valence-electron chi connectivity index (χ0n) is 15.7. The zero-order chi connectivity index (χ0) is 19.0. The molecule has 0 aromatic heterocycles. The third-order valence-electron chi connectivity index (χ3n) is 4.72. The molecule has 4 rings (SSSR count). The molecule has 0 saturated heterocycles. The molecule has 28 heavy (non-hydrogen) atoms. The van der Waals surface area contributed by atoms with E-state index in [0.29, 0.717) is 0 Å². The van der Waals surface area contributed by atoms with Crippen LogP contribution in [-0.4, -0.2) is 0 Å². The summed E-state index contributed by atoms with van der Waals surface area (Å²) in [6.45, 7) is 0. The third kappa shape index (κ3) is 4.36. The summed E-state index contributed by atoms with van der Waals surface area (Å²) in [5.74, 6) is 0. The van der Waals surface area contributed by atoms with Gasteiger partial charge in [-0.05, 0) is 33.4 Å². The molecule has 0 aliphatic heterocycles. The fourth-order valence-electron chi connectivity index (χ4n) is 3.28. The van der Waals surface area contributed by atoms with Crippen molar-refractivity contribution in [1.29, 1.82) is 0 Å². The Morgan fingerprint density at radius 3 is 1.54 bits per heavy atom. The van der Waals surface area contributed by atoms with Crippen LogP contribution in [0.1, 0.15) is 22.3 Å². The molecule has 0 fully saturated rings. The Kier molecular flexibility index (Phi) is 5.60. The summed E-state index contributed by atoms with van der Waals surface area (Å²) in [6.07, 6.45) is 8.78. The van der Waals surface area contributed by atoms with Crippen molar-refractivity contribution in [1.82, 2.24) is 0 Å². The van der Waals surface area contributed by atoms with Crippen molar-refractivity contribution in [3.05, 3.63) is 131 Å². The first-order valence-electron chi connectivity index (χ1n) is 9.55. The summed E-state index contributed by atoms with van der Waals surface area (Å²) in [5.41, 5.74) is 7.30. The van der Waals surface area contributed by atoms with Crippen molar-refractivity contribution in [3.63, 3.8) is 0 Å². The minimum Gasteiger partial charge on any atom is -0.0622 e. The van der Waals surface area contributed by atoms with E-state index in [-0.39, 0.29) is 0 Å². The molecule has 0 bridgehead atoms. The van der Waals surface area contributed by atoms with Crippen LogP contribution in [0, 0.1) is 0 Å². The van der Waals surface area contributed by atoms with Crippen LogP contribution in [0.5, 0.6) is 0 Å². The Morgan fingerprint density at radius 2 is 0.929 bits per heavy atom. The van der Waals surface area contributed by atoms with Crippen LogP contribution in [0.4, 0.5) is 0 Å². The van der Waals surface area contributed by atoms with E-state index in [4.69, 9.17) is 0 Å². The van der Waals surface area contributed by atoms with Crippen LogP contribution in [-0.2, 0) is 0 Å². The van der Waals surface area contributed by atoms with E-state index in [1.807, 2.05) is 12.1 Å². The third-order valence-corrected chi connectivity index (χ3v) is 4.72. The van der Waals surface area contributed by atoms with E-state index in [9.17, 15) is 0 Å². The van der Waals surface area contributed by atoms with Gasteiger partial charge in [-0.3, -0.25) is 0 Å². The van der Waals surface area contributed by atoms with Gasteiger partial charge in [-0.25, -0.2) is 0 Å². The lowest BCUT2D eigenvalue weighted by atomic mass is 9.94. The van der Waals surface area contributed by atoms with Gasteiger partial charge in [-0.1, -0.05) is 133 Å². The standard InChI is InChI=1S/C28H22/c1-4-11-23(12-5-1)19-21-26-17-10-18-27(25-15-8-3-9-16-25)28(26)22-20-24-13-6-2-7-14-24/h1-22H. The predicted octanol–water partition coefficient (Wildman–Crippen LogP) is 7.69. The maximum atomic E-state index is 2.22. The predicted molar refractivity (Wildman–Crippen MR) is 123 cm³/mol. The number of hydrogen-bond donors (Lipinski definition) is 0. The fraction of sp³-hybridized carbons (Fsp3) is 0. The first kappa shape index (κ1) is 17.8. The number of hydrogen-bond acceptors (Lipinski definition) is 0. The Morgan fingerprint density at radius 1 is 0.393 bits per heavy atom. The fourth-order valence-corrected chi connectivity index (χ4v) is 3.28. The van der Waals surface area contributed by atoms with Crippen LogP contribution in [0.3, 0.4) is 0 Å². The van der Waals surface area contributed by atoms with E-state index in [1.165, 1.54) is 33.4 Å². The summed E-state index contributed by atoms with van der Waals surface area (Å²) in [4.78, 5) is 0. The molecule has 4 aromatic rings. The van der Waals surface area contributed by atoms with Gasteiger partial charge in [0.15, 0.2) is 0 Å². The van der Waals surface area contributed by atoms with Gasteiger partial charge in [-0.15, -0.1) is 0 Å². The van der Waals surface area contributed by atoms with Crippen LogP contribution >= 0.6 is 0 Å². The lowest BCUT2D eigenvalue weighted by Gasteiger charge is -2.10. The lowest BCUT2D eigenvalue weighted by molar-refractivity contribution is 1.56. The Bertz CT molecular complexity index is 1070. The molecule has 0 atom stereocenters. The van der Waals surface area contributed by atoms with E-state index in [0.717, 1.165) is 0 Å². The molecule has 0 nitrogen and oxygen atoms in total. The highest BCUT2D eigenvalue weighted by Crippen LogP contribution is 2.29. The topological polar surface area (TPSA) is 0 Å². The largest absolute Gasteiger partial charge is 0.0622 e. The molecule has 0 spiro atoms. The average molecular weight is 358 g/mol. The summed E-state index contributed by atoms with van der Waals surface area (Å²) in [5, 5.41) is 0. The van der Waals surface area contributed by atoms with Crippen molar-refractivity contribution >= 4 is 24.3 Å². The van der Waals surface area contributed by atoms with Crippen molar-refractivity contribution in [3.8, 4) is 11.1 Å². The molecule has 0 N–H and O–H groups in total. The minimum atomic E-state index is 1.20. The molecular formula is C28H22. The summed E-state index contributed by atoms with van der Waals surface area (Å²) in [6, 6.07) is 37.9. The van der Waals surface area contributed by atoms with Gasteiger partial charge < -0.3 is 0 Å². The van der Waals surface area contributed by atoms with Crippen molar-refractivity contribution < 1.29 is 0 Å². The minimum absolute atomic E-state index is 1.20. The van der Waals surface area contributed by atoms with Gasteiger partial charge in [0.05, 0.1) is 0 Å². The maximum absolute atomic E-state index is 2.22. The first-order chi connectivity index (χ1) is 13.9. The van der Waals surface area contributed by atoms with Crippen LogP contribution in [0.15, 0.2) is 109 Å². The highest BCUT2D eigenvalue weighted by atomic mass is 14.1. The zero-order valence-corrected chi connectivity index (χ0v) is 15.7. The summed E-state index contributed by atoms with van der Waals surface area (Å²) < 4.78 is 0. The van der Waals surface area contributed by atoms with E-state index < -0.39 is 0 Å². The summed E-state index contributed by atoms with van der Waals surface area (Å²) >= 11 is 0. The number of benzene rings is 4. The Balaban J connectivity index is 1.79. The molecule has 0 aliphatic carbocycles. The monoisotopic (exact) mass is 358 g/mol. The van der Waals surface area contributed by atoms with Crippen LogP contribution < -0.4 is 0 Å². The Labute approximate surface area is 167 Å². The van der Waals surface area contributed by atoms with Crippen molar-refractivity contribution in [2.75, 3.05) is 0 Å². The Hall–Kier alpha value is -3.64. The van der Waals surface area contributed by atoms with Gasteiger partial charge in [0, 0.05) is 0 Å². The van der Waals surface area contributed by atoms with Gasteiger partial charge in [-0.2, -0.15) is 0 Å². The van der Waals surface area contributed by atoms with Crippen LogP contribution in [0.25, 0.3) is 35.4 Å². The van der Waals surface area contributed by atoms with E-state index in [1.54, 1.807) is 0 Å². The highest BCUT2D eigenvalue weighted by molar-refractivity contribution is 5.87. The molecule has 134 valence electrons. The normalized spacial score (nSPS) is 11.3. The van der Waals surface area contributed by atoms with Gasteiger partial charge in [0.25, 0.3) is 0 Å². The molecule has 4 aromatic carbocycles. The molecule has 0 amide bonds. The van der Waals surface area contributed by atoms with Crippen molar-refractivity contribution in [2.24, 2.45) is 0 Å². The average Bonchev–Trinajstić information content (AvgIpc) is 2.78. The first-order valence-corrected chi connectivity index (χ1v) is 9.55. The molecule has 0 saturated carbocycles. The van der Waals surface area contributed by atoms with E-state index >= 15 is 0 Å². The SMILES string of the molecule is C(=Cc1cccc(-c2ccccc2)c1C=Cc1ccccc1)c1ccccc1. The van der Waals surface area contributed by atoms with Gasteiger partial charge >= 0.3 is 0 Å². The van der Waals surface area contributed by atoms with E-state index in [2.05, 4.69) is 121 Å². The quantitative estimate of drug-likeness (QED) is 0.321. The van der Waals surface area contributed by atoms with Crippen molar-refractivity contribution in [2.45, 2.75) is 0 Å². The lowest BCUT2D eigenvalue weighted by Crippen LogP contribution is -1.88. The second-order valence-electron chi connectivity index (χ2n) is 6.66. The summed E-state index contributed by atoms with van der Waals surface area (Å²) in [7, 11) is 0. The smallest absolute Gasteiger partial charge is 0.0105 e.